The van der Waals surface area contributed by atoms with Gasteiger partial charge in [-0.1, -0.05) is 52.3 Å². The van der Waals surface area contributed by atoms with E-state index in [0.29, 0.717) is 0 Å². The molecular weight excluding hydrogens is 224 g/mol. The van der Waals surface area contributed by atoms with Crippen molar-refractivity contribution >= 4 is 21.5 Å². The first-order valence-corrected chi connectivity index (χ1v) is 5.12. The van der Waals surface area contributed by atoms with Gasteiger partial charge in [-0.2, -0.15) is 0 Å². The van der Waals surface area contributed by atoms with Crippen molar-refractivity contribution in [2.75, 3.05) is 0 Å². The summed E-state index contributed by atoms with van der Waals surface area (Å²) in [5.41, 5.74) is 5.14. The molecule has 0 spiro atoms. The van der Waals surface area contributed by atoms with Crippen LogP contribution in [-0.2, 0) is 6.42 Å². The van der Waals surface area contributed by atoms with Crippen LogP contribution in [0.2, 0.25) is 0 Å². The van der Waals surface area contributed by atoms with Crippen LogP contribution in [0.25, 0.3) is 5.57 Å². The number of allylic oxidation sites excluding steroid dienone is 3. The number of benzene rings is 1. The third-order valence-corrected chi connectivity index (χ3v) is 3.59. The number of fused-ring (bicyclic) bond motifs is 1. The lowest BCUT2D eigenvalue weighted by Crippen LogP contribution is -2.02. The Labute approximate surface area is 87.1 Å². The Bertz CT molecular complexity index is 399. The average Bonchev–Trinajstić information content (AvgIpc) is 2.15. The molecule has 0 bridgehead atoms. The normalized spacial score (nSPS) is 16.0. The van der Waals surface area contributed by atoms with Crippen LogP contribution in [0.15, 0.2) is 40.9 Å². The van der Waals surface area contributed by atoms with Gasteiger partial charge in [-0.15, -0.1) is 0 Å². The van der Waals surface area contributed by atoms with Crippen LogP contribution in [0.3, 0.4) is 0 Å². The molecule has 13 heavy (non-hydrogen) atoms. The van der Waals surface area contributed by atoms with Gasteiger partial charge in [0.05, 0.1) is 0 Å². The van der Waals surface area contributed by atoms with Crippen molar-refractivity contribution in [3.63, 3.8) is 0 Å². The molecule has 66 valence electrons. The summed E-state index contributed by atoms with van der Waals surface area (Å²) in [7, 11) is 0. The first kappa shape index (κ1) is 8.76. The maximum atomic E-state index is 4.08. The van der Waals surface area contributed by atoms with Gasteiger partial charge in [0.25, 0.3) is 0 Å². The SMILES string of the molecule is C=C1C(Br)=C(C)Cc2ccccc21. The number of halogens is 1. The Morgan fingerprint density at radius 2 is 2.00 bits per heavy atom. The summed E-state index contributed by atoms with van der Waals surface area (Å²) in [6.07, 6.45) is 1.04. The van der Waals surface area contributed by atoms with Gasteiger partial charge in [-0.3, -0.25) is 0 Å². The third-order valence-electron chi connectivity index (χ3n) is 2.44. The largest absolute Gasteiger partial charge is 0.0900 e. The van der Waals surface area contributed by atoms with Crippen LogP contribution >= 0.6 is 15.9 Å². The van der Waals surface area contributed by atoms with Gasteiger partial charge in [-0.25, -0.2) is 0 Å². The van der Waals surface area contributed by atoms with Crippen LogP contribution < -0.4 is 0 Å². The van der Waals surface area contributed by atoms with E-state index in [-0.39, 0.29) is 0 Å². The zero-order chi connectivity index (χ0) is 9.42. The highest BCUT2D eigenvalue weighted by molar-refractivity contribution is 9.12. The molecule has 0 heterocycles. The number of hydrogen-bond donors (Lipinski definition) is 0. The molecular formula is C12H11Br. The summed E-state index contributed by atoms with van der Waals surface area (Å²) in [5.74, 6) is 0. The maximum Gasteiger partial charge on any atom is 0.0240 e. The molecule has 0 aromatic heterocycles. The molecule has 1 aromatic carbocycles. The van der Waals surface area contributed by atoms with Gasteiger partial charge < -0.3 is 0 Å². The lowest BCUT2D eigenvalue weighted by Gasteiger charge is -2.19. The first-order valence-electron chi connectivity index (χ1n) is 4.33. The third kappa shape index (κ3) is 1.37. The molecule has 1 aliphatic rings. The second-order valence-corrected chi connectivity index (χ2v) is 4.20. The second kappa shape index (κ2) is 3.15. The monoisotopic (exact) mass is 234 g/mol. The van der Waals surface area contributed by atoms with Crippen molar-refractivity contribution in [3.8, 4) is 0 Å². The fourth-order valence-electron chi connectivity index (χ4n) is 1.71. The molecule has 0 N–H and O–H groups in total. The number of hydrogen-bond acceptors (Lipinski definition) is 0. The van der Waals surface area contributed by atoms with E-state index in [1.807, 2.05) is 0 Å². The van der Waals surface area contributed by atoms with Crippen LogP contribution in [0.4, 0.5) is 0 Å². The highest BCUT2D eigenvalue weighted by Crippen LogP contribution is 2.36. The predicted molar refractivity (Wildman–Crippen MR) is 60.8 cm³/mol. The molecule has 0 amide bonds. The zero-order valence-electron chi connectivity index (χ0n) is 7.60. The zero-order valence-corrected chi connectivity index (χ0v) is 9.19. The minimum atomic E-state index is 1.04. The molecule has 1 aromatic rings. The summed E-state index contributed by atoms with van der Waals surface area (Å²) < 4.78 is 1.17. The molecule has 0 nitrogen and oxygen atoms in total. The molecule has 1 aliphatic carbocycles. The van der Waals surface area contributed by atoms with E-state index in [9.17, 15) is 0 Å². The Hall–Kier alpha value is -0.820. The highest BCUT2D eigenvalue weighted by atomic mass is 79.9. The van der Waals surface area contributed by atoms with Crippen molar-refractivity contribution in [2.45, 2.75) is 13.3 Å². The molecule has 1 heteroatoms. The van der Waals surface area contributed by atoms with E-state index in [2.05, 4.69) is 53.7 Å². The summed E-state index contributed by atoms with van der Waals surface area (Å²) in [4.78, 5) is 0. The smallest absolute Gasteiger partial charge is 0.0240 e. The average molecular weight is 235 g/mol. The summed E-state index contributed by atoms with van der Waals surface area (Å²) in [5, 5.41) is 0. The standard InChI is InChI=1S/C12H11Br/c1-8-7-10-5-3-4-6-11(10)9(2)12(8)13/h3-6H,2,7H2,1H3. The molecule has 0 saturated heterocycles. The van der Waals surface area contributed by atoms with Gasteiger partial charge in [0, 0.05) is 4.48 Å². The molecule has 0 aliphatic heterocycles. The van der Waals surface area contributed by atoms with Crippen molar-refractivity contribution in [2.24, 2.45) is 0 Å². The van der Waals surface area contributed by atoms with Crippen molar-refractivity contribution in [3.05, 3.63) is 52.0 Å². The number of rotatable bonds is 0. The van der Waals surface area contributed by atoms with Crippen LogP contribution in [0.1, 0.15) is 18.1 Å². The van der Waals surface area contributed by atoms with E-state index >= 15 is 0 Å². The Balaban J connectivity index is 2.59. The van der Waals surface area contributed by atoms with Gasteiger partial charge in [0.1, 0.15) is 0 Å². The van der Waals surface area contributed by atoms with Crippen LogP contribution in [-0.4, -0.2) is 0 Å². The topological polar surface area (TPSA) is 0 Å². The summed E-state index contributed by atoms with van der Waals surface area (Å²) in [6.45, 7) is 6.23. The fourth-order valence-corrected chi connectivity index (χ4v) is 2.06. The van der Waals surface area contributed by atoms with E-state index in [1.54, 1.807) is 0 Å². The predicted octanol–water partition coefficient (Wildman–Crippen LogP) is 3.92. The quantitative estimate of drug-likeness (QED) is 0.639. The van der Waals surface area contributed by atoms with Crippen molar-refractivity contribution < 1.29 is 0 Å². The molecule has 0 atom stereocenters. The Morgan fingerprint density at radius 1 is 1.31 bits per heavy atom. The van der Waals surface area contributed by atoms with E-state index in [4.69, 9.17) is 0 Å². The molecule has 0 radical (unpaired) electrons. The summed E-state index contributed by atoms with van der Waals surface area (Å²) in [6, 6.07) is 8.44. The Morgan fingerprint density at radius 3 is 2.77 bits per heavy atom. The molecule has 0 saturated carbocycles. The van der Waals surface area contributed by atoms with Gasteiger partial charge in [-0.05, 0) is 30.0 Å². The maximum absolute atomic E-state index is 4.08. The van der Waals surface area contributed by atoms with E-state index < -0.39 is 0 Å². The highest BCUT2D eigenvalue weighted by Gasteiger charge is 2.16. The lowest BCUT2D eigenvalue weighted by atomic mass is 9.89. The van der Waals surface area contributed by atoms with Gasteiger partial charge in [0.2, 0.25) is 0 Å². The van der Waals surface area contributed by atoms with Gasteiger partial charge in [0.15, 0.2) is 0 Å². The first-order chi connectivity index (χ1) is 6.20. The minimum Gasteiger partial charge on any atom is -0.0900 e. The minimum absolute atomic E-state index is 1.04. The van der Waals surface area contributed by atoms with Gasteiger partial charge >= 0.3 is 0 Å². The van der Waals surface area contributed by atoms with Crippen LogP contribution in [0, 0.1) is 0 Å². The summed E-state index contributed by atoms with van der Waals surface area (Å²) >= 11 is 3.57. The second-order valence-electron chi connectivity index (χ2n) is 3.41. The molecule has 0 unspecified atom stereocenters. The van der Waals surface area contributed by atoms with E-state index in [1.165, 1.54) is 21.2 Å². The lowest BCUT2D eigenvalue weighted by molar-refractivity contribution is 1.11. The van der Waals surface area contributed by atoms with Crippen LogP contribution in [0.5, 0.6) is 0 Å². The molecule has 0 fully saturated rings. The molecule has 2 rings (SSSR count). The Kier molecular flexibility index (Phi) is 2.12. The fraction of sp³-hybridized carbons (Fsp3) is 0.167. The van der Waals surface area contributed by atoms with E-state index in [0.717, 1.165) is 12.0 Å². The van der Waals surface area contributed by atoms with Crippen molar-refractivity contribution in [1.29, 1.82) is 0 Å². The van der Waals surface area contributed by atoms with Crippen molar-refractivity contribution in [1.82, 2.24) is 0 Å².